The third-order valence-corrected chi connectivity index (χ3v) is 14.6. The Bertz CT molecular complexity index is 2340. The molecule has 302 valence electrons. The van der Waals surface area contributed by atoms with Gasteiger partial charge >= 0.3 is 6.09 Å². The van der Waals surface area contributed by atoms with Crippen molar-refractivity contribution in [1.29, 1.82) is 0 Å². The molecule has 0 saturated carbocycles. The molecule has 0 radical (unpaired) electrons. The van der Waals surface area contributed by atoms with E-state index in [-0.39, 0.29) is 49.4 Å². The van der Waals surface area contributed by atoms with Crippen molar-refractivity contribution in [2.75, 3.05) is 40.0 Å². The lowest BCUT2D eigenvalue weighted by Crippen LogP contribution is -2.56. The van der Waals surface area contributed by atoms with Crippen molar-refractivity contribution in [2.45, 2.75) is 61.8 Å². The summed E-state index contributed by atoms with van der Waals surface area (Å²) in [5, 5.41) is 3.29. The SMILES string of the molecule is COCCCCC1(CNC(=O)C2CC(NS(=O)(=O)c3cc(C)sc3C)CN(C(=O)OCC3c4ccccc4-c4ccccc43)C2)c2ccccc2Oc2ccccc21. The number of para-hydroxylation sites is 2. The van der Waals surface area contributed by atoms with E-state index in [1.165, 1.54) is 16.2 Å². The largest absolute Gasteiger partial charge is 0.457 e. The van der Waals surface area contributed by atoms with Gasteiger partial charge in [-0.2, -0.15) is 0 Å². The Labute approximate surface area is 344 Å². The van der Waals surface area contributed by atoms with Crippen LogP contribution in [0.15, 0.2) is 108 Å². The van der Waals surface area contributed by atoms with Gasteiger partial charge in [0.05, 0.1) is 10.8 Å². The molecule has 3 aliphatic rings. The Hall–Kier alpha value is -5.01. The molecular weight excluding hydrogens is 771 g/mol. The number of fused-ring (bicyclic) bond motifs is 5. The van der Waals surface area contributed by atoms with Crippen LogP contribution >= 0.6 is 11.3 Å². The van der Waals surface area contributed by atoms with E-state index in [1.807, 2.05) is 67.6 Å². The van der Waals surface area contributed by atoms with Gasteiger partial charge in [-0.3, -0.25) is 4.79 Å². The maximum atomic E-state index is 14.5. The molecule has 2 N–H and O–H groups in total. The number of likely N-dealkylation sites (tertiary alicyclic amines) is 1. The van der Waals surface area contributed by atoms with Crippen molar-refractivity contribution < 1.29 is 32.2 Å². The molecule has 0 spiro atoms. The average molecular weight is 820 g/mol. The zero-order valence-corrected chi connectivity index (χ0v) is 34.7. The third kappa shape index (κ3) is 7.78. The van der Waals surface area contributed by atoms with E-state index in [4.69, 9.17) is 14.2 Å². The van der Waals surface area contributed by atoms with Crippen molar-refractivity contribution in [3.8, 4) is 22.6 Å². The number of unbranched alkanes of at least 4 members (excludes halogenated alkanes) is 1. The van der Waals surface area contributed by atoms with Gasteiger partial charge in [-0.1, -0.05) is 84.9 Å². The van der Waals surface area contributed by atoms with Crippen LogP contribution in [0.2, 0.25) is 0 Å². The lowest BCUT2D eigenvalue weighted by atomic mass is 9.69. The quantitative estimate of drug-likeness (QED) is 0.115. The van der Waals surface area contributed by atoms with Crippen molar-refractivity contribution in [1.82, 2.24) is 14.9 Å². The Morgan fingerprint density at radius 1 is 0.862 bits per heavy atom. The van der Waals surface area contributed by atoms with Crippen LogP contribution in [-0.2, 0) is 29.7 Å². The number of aryl methyl sites for hydroxylation is 2. The van der Waals surface area contributed by atoms with Gasteiger partial charge in [-0.15, -0.1) is 11.3 Å². The number of piperidine rings is 1. The van der Waals surface area contributed by atoms with Crippen LogP contribution in [0.1, 0.15) is 63.6 Å². The minimum absolute atomic E-state index is 0.0589. The molecule has 1 aromatic heterocycles. The number of hydrogen-bond acceptors (Lipinski definition) is 8. The van der Waals surface area contributed by atoms with Gasteiger partial charge in [0.25, 0.3) is 0 Å². The van der Waals surface area contributed by atoms with E-state index >= 15 is 0 Å². The number of amides is 2. The number of nitrogens with one attached hydrogen (secondary N) is 2. The Morgan fingerprint density at radius 3 is 2.10 bits per heavy atom. The number of nitrogens with zero attached hydrogens (tertiary/aromatic N) is 1. The van der Waals surface area contributed by atoms with Crippen LogP contribution < -0.4 is 14.8 Å². The summed E-state index contributed by atoms with van der Waals surface area (Å²) in [7, 11) is -2.26. The molecule has 3 heterocycles. The van der Waals surface area contributed by atoms with E-state index in [0.717, 1.165) is 69.0 Å². The Balaban J connectivity index is 1.05. The van der Waals surface area contributed by atoms with Gasteiger partial charge in [0.2, 0.25) is 15.9 Å². The second-order valence-electron chi connectivity index (χ2n) is 15.6. The highest BCUT2D eigenvalue weighted by Crippen LogP contribution is 2.50. The molecule has 8 rings (SSSR count). The lowest BCUT2D eigenvalue weighted by Gasteiger charge is -2.41. The molecule has 0 bridgehead atoms. The number of ether oxygens (including phenoxy) is 3. The summed E-state index contributed by atoms with van der Waals surface area (Å²) in [6.07, 6.45) is 2.04. The van der Waals surface area contributed by atoms with Crippen molar-refractivity contribution >= 4 is 33.4 Å². The highest BCUT2D eigenvalue weighted by atomic mass is 32.2. The zero-order chi connectivity index (χ0) is 40.4. The Kier molecular flexibility index (Phi) is 11.5. The first-order valence-corrected chi connectivity index (χ1v) is 22.2. The van der Waals surface area contributed by atoms with Crippen molar-refractivity contribution in [3.05, 3.63) is 135 Å². The fourth-order valence-electron chi connectivity index (χ4n) is 9.14. The molecule has 12 heteroatoms. The van der Waals surface area contributed by atoms with Gasteiger partial charge in [0.15, 0.2) is 0 Å². The van der Waals surface area contributed by atoms with E-state index in [2.05, 4.69) is 46.4 Å². The first-order valence-electron chi connectivity index (χ1n) is 19.9. The van der Waals surface area contributed by atoms with Gasteiger partial charge in [-0.05, 0) is 80.0 Å². The highest BCUT2D eigenvalue weighted by molar-refractivity contribution is 7.89. The average Bonchev–Trinajstić information content (AvgIpc) is 3.75. The summed E-state index contributed by atoms with van der Waals surface area (Å²) in [6.45, 7) is 4.80. The molecule has 2 amide bonds. The zero-order valence-electron chi connectivity index (χ0n) is 33.0. The number of sulfonamides is 1. The Morgan fingerprint density at radius 2 is 1.48 bits per heavy atom. The molecule has 10 nitrogen and oxygen atoms in total. The monoisotopic (exact) mass is 819 g/mol. The number of methoxy groups -OCH3 is 1. The number of thiophene rings is 1. The maximum Gasteiger partial charge on any atom is 0.409 e. The molecule has 5 aromatic rings. The summed E-state index contributed by atoms with van der Waals surface area (Å²) >= 11 is 1.41. The number of carbonyl (C=O) groups is 2. The predicted octanol–water partition coefficient (Wildman–Crippen LogP) is 8.31. The number of hydrogen-bond donors (Lipinski definition) is 2. The van der Waals surface area contributed by atoms with Crippen LogP contribution in [0.4, 0.5) is 4.79 Å². The summed E-state index contributed by atoms with van der Waals surface area (Å²) < 4.78 is 48.3. The summed E-state index contributed by atoms with van der Waals surface area (Å²) in [5.41, 5.74) is 5.79. The number of benzene rings is 4. The van der Waals surface area contributed by atoms with Crippen molar-refractivity contribution in [2.24, 2.45) is 5.92 Å². The molecule has 4 aromatic carbocycles. The third-order valence-electron chi connectivity index (χ3n) is 11.8. The lowest BCUT2D eigenvalue weighted by molar-refractivity contribution is -0.127. The second kappa shape index (κ2) is 16.7. The van der Waals surface area contributed by atoms with Crippen molar-refractivity contribution in [3.63, 3.8) is 0 Å². The van der Waals surface area contributed by atoms with E-state index in [0.29, 0.717) is 11.5 Å². The molecule has 2 unspecified atom stereocenters. The van der Waals surface area contributed by atoms with Crippen LogP contribution in [0.5, 0.6) is 11.5 Å². The minimum atomic E-state index is -3.96. The van der Waals surface area contributed by atoms with Crippen LogP contribution in [0.25, 0.3) is 11.1 Å². The van der Waals surface area contributed by atoms with Crippen LogP contribution in [-0.4, -0.2) is 71.3 Å². The standard InChI is InChI=1S/C46H49N3O7S2/c1-30-24-43(31(2)57-30)58(52,53)48-33-25-32(26-49(27-33)45(51)55-28-38-36-16-6-4-14-34(36)35-15-5-7-17-37(35)38)44(50)47-29-46(22-12-13-23-54-3)39-18-8-10-20-41(39)56-42-21-11-9-19-40(42)46/h4-11,14-21,24,32-33,38,48H,12-13,22-23,25-29H2,1-3H3,(H,47,50). The number of carbonyl (C=O) groups excluding carboxylic acids is 2. The first kappa shape index (κ1) is 39.8. The van der Waals surface area contributed by atoms with E-state index in [1.54, 1.807) is 20.1 Å². The molecule has 58 heavy (non-hydrogen) atoms. The fourth-order valence-corrected chi connectivity index (χ4v) is 11.9. The summed E-state index contributed by atoms with van der Waals surface area (Å²) in [6, 6.07) is 33.1. The topological polar surface area (TPSA) is 123 Å². The van der Waals surface area contributed by atoms with Gasteiger partial charge in [0, 0.05) is 71.6 Å². The predicted molar refractivity (Wildman–Crippen MR) is 225 cm³/mol. The summed E-state index contributed by atoms with van der Waals surface area (Å²) in [4.78, 5) is 31.8. The molecule has 2 atom stereocenters. The molecule has 1 saturated heterocycles. The molecule has 2 aliphatic heterocycles. The first-order chi connectivity index (χ1) is 28.1. The highest BCUT2D eigenvalue weighted by Gasteiger charge is 2.44. The summed E-state index contributed by atoms with van der Waals surface area (Å²) in [5.74, 6) is 0.359. The van der Waals surface area contributed by atoms with Gasteiger partial charge in [0.1, 0.15) is 18.1 Å². The van der Waals surface area contributed by atoms with Gasteiger partial charge < -0.3 is 24.4 Å². The van der Waals surface area contributed by atoms with Crippen LogP contribution in [0.3, 0.4) is 0 Å². The van der Waals surface area contributed by atoms with E-state index in [9.17, 15) is 18.0 Å². The normalized spacial score (nSPS) is 18.0. The fraction of sp³-hybridized carbons (Fsp3) is 0.348. The molecular formula is C46H49N3O7S2. The smallest absolute Gasteiger partial charge is 0.409 e. The molecule has 1 aliphatic carbocycles. The number of rotatable bonds is 13. The minimum Gasteiger partial charge on any atom is -0.457 e. The molecule has 1 fully saturated rings. The van der Waals surface area contributed by atoms with E-state index < -0.39 is 33.5 Å². The van der Waals surface area contributed by atoms with Gasteiger partial charge in [-0.25, -0.2) is 17.9 Å². The maximum absolute atomic E-state index is 14.5. The van der Waals surface area contributed by atoms with Crippen LogP contribution in [0, 0.1) is 19.8 Å². The second-order valence-corrected chi connectivity index (χ2v) is 18.7.